The molecule has 2 N–H and O–H groups in total. The molecular weight excluding hydrogens is 323 g/mol. The molecule has 0 spiro atoms. The second-order valence-electron chi connectivity index (χ2n) is 6.13. The van der Waals surface area contributed by atoms with Gasteiger partial charge in [0, 0.05) is 30.9 Å². The van der Waals surface area contributed by atoms with Crippen LogP contribution in [0.3, 0.4) is 0 Å². The van der Waals surface area contributed by atoms with E-state index >= 15 is 0 Å². The van der Waals surface area contributed by atoms with Gasteiger partial charge in [0.2, 0.25) is 5.91 Å². The second kappa shape index (κ2) is 6.88. The minimum Gasteiger partial charge on any atom is -0.406 e. The van der Waals surface area contributed by atoms with Crippen molar-refractivity contribution >= 4 is 11.6 Å². The van der Waals surface area contributed by atoms with E-state index < -0.39 is 6.36 Å². The molecule has 0 aromatic heterocycles. The molecule has 2 unspecified atom stereocenters. The van der Waals surface area contributed by atoms with E-state index in [1.165, 1.54) is 18.2 Å². The lowest BCUT2D eigenvalue weighted by Gasteiger charge is -2.21. The van der Waals surface area contributed by atoms with Gasteiger partial charge in [-0.2, -0.15) is 0 Å². The van der Waals surface area contributed by atoms with Crippen molar-refractivity contribution in [2.45, 2.75) is 37.7 Å². The van der Waals surface area contributed by atoms with Crippen molar-refractivity contribution in [3.63, 3.8) is 0 Å². The first kappa shape index (κ1) is 16.9. The molecule has 24 heavy (non-hydrogen) atoms. The number of benzene rings is 1. The molecule has 2 atom stereocenters. The summed E-state index contributed by atoms with van der Waals surface area (Å²) in [6.45, 7) is 2.12. The maximum absolute atomic E-state index is 12.3. The Hall–Kier alpha value is -1.96. The first-order valence-corrected chi connectivity index (χ1v) is 8.05. The number of halogens is 3. The van der Waals surface area contributed by atoms with Crippen LogP contribution in [0.1, 0.15) is 19.3 Å². The minimum absolute atomic E-state index is 0.00657. The van der Waals surface area contributed by atoms with E-state index in [-0.39, 0.29) is 23.7 Å². The molecule has 132 valence electrons. The standard InChI is InChI=1S/C16H20F3N3O2/c17-16(18,19)24-13-4-1-3-12(9-13)22-8-6-11(10-22)21-15(23)14-5-2-7-20-14/h1,3-4,9,11,14,20H,2,5-8,10H2,(H,21,23). The van der Waals surface area contributed by atoms with Crippen LogP contribution < -0.4 is 20.3 Å². The molecule has 2 aliphatic heterocycles. The Morgan fingerprint density at radius 1 is 1.33 bits per heavy atom. The van der Waals surface area contributed by atoms with Crippen LogP contribution in [-0.4, -0.2) is 44.0 Å². The Balaban J connectivity index is 1.57. The molecule has 2 fully saturated rings. The van der Waals surface area contributed by atoms with Crippen molar-refractivity contribution in [1.82, 2.24) is 10.6 Å². The molecule has 0 aliphatic carbocycles. The molecule has 1 aromatic rings. The molecule has 8 heteroatoms. The highest BCUT2D eigenvalue weighted by Gasteiger charge is 2.32. The molecule has 0 radical (unpaired) electrons. The topological polar surface area (TPSA) is 53.6 Å². The molecule has 2 heterocycles. The summed E-state index contributed by atoms with van der Waals surface area (Å²) >= 11 is 0. The third-order valence-electron chi connectivity index (χ3n) is 4.33. The van der Waals surface area contributed by atoms with Crippen LogP contribution in [0, 0.1) is 0 Å². The van der Waals surface area contributed by atoms with Crippen LogP contribution >= 0.6 is 0 Å². The largest absolute Gasteiger partial charge is 0.573 e. The highest BCUT2D eigenvalue weighted by molar-refractivity contribution is 5.82. The maximum Gasteiger partial charge on any atom is 0.573 e. The average Bonchev–Trinajstić information content (AvgIpc) is 3.17. The van der Waals surface area contributed by atoms with E-state index in [0.29, 0.717) is 18.8 Å². The number of anilines is 1. The van der Waals surface area contributed by atoms with Gasteiger partial charge in [0.15, 0.2) is 0 Å². The van der Waals surface area contributed by atoms with Crippen LogP contribution in [0.4, 0.5) is 18.9 Å². The van der Waals surface area contributed by atoms with Crippen molar-refractivity contribution in [2.75, 3.05) is 24.5 Å². The number of carbonyl (C=O) groups excluding carboxylic acids is 1. The fourth-order valence-electron chi connectivity index (χ4n) is 3.20. The SMILES string of the molecule is O=C(NC1CCN(c2cccc(OC(F)(F)F)c2)C1)C1CCCN1. The van der Waals surface area contributed by atoms with Crippen molar-refractivity contribution < 1.29 is 22.7 Å². The predicted octanol–water partition coefficient (Wildman–Crippen LogP) is 2.03. The monoisotopic (exact) mass is 343 g/mol. The Kier molecular flexibility index (Phi) is 4.84. The Bertz CT molecular complexity index is 588. The summed E-state index contributed by atoms with van der Waals surface area (Å²) in [5.74, 6) is -0.226. The molecule has 0 saturated carbocycles. The number of amides is 1. The number of ether oxygens (including phenoxy) is 1. The Morgan fingerprint density at radius 3 is 2.88 bits per heavy atom. The van der Waals surface area contributed by atoms with Crippen LogP contribution in [0.2, 0.25) is 0 Å². The molecule has 2 aliphatic rings. The summed E-state index contributed by atoms with van der Waals surface area (Å²) in [6.07, 6.45) is -2.09. The van der Waals surface area contributed by atoms with E-state index in [2.05, 4.69) is 15.4 Å². The lowest BCUT2D eigenvalue weighted by atomic mass is 10.2. The number of rotatable bonds is 4. The Labute approximate surface area is 138 Å². The first-order chi connectivity index (χ1) is 11.4. The van der Waals surface area contributed by atoms with E-state index in [4.69, 9.17) is 0 Å². The zero-order valence-electron chi connectivity index (χ0n) is 13.1. The van der Waals surface area contributed by atoms with Gasteiger partial charge in [-0.3, -0.25) is 4.79 Å². The molecular formula is C16H20F3N3O2. The fourth-order valence-corrected chi connectivity index (χ4v) is 3.20. The van der Waals surface area contributed by atoms with Crippen LogP contribution in [0.15, 0.2) is 24.3 Å². The van der Waals surface area contributed by atoms with Gasteiger partial charge >= 0.3 is 6.36 Å². The lowest BCUT2D eigenvalue weighted by molar-refractivity contribution is -0.274. The average molecular weight is 343 g/mol. The summed E-state index contributed by atoms with van der Waals surface area (Å²) in [6, 6.07) is 5.81. The number of carbonyl (C=O) groups is 1. The first-order valence-electron chi connectivity index (χ1n) is 8.05. The Morgan fingerprint density at radius 2 is 2.17 bits per heavy atom. The van der Waals surface area contributed by atoms with Gasteiger partial charge in [0.05, 0.1) is 6.04 Å². The summed E-state index contributed by atoms with van der Waals surface area (Å²) in [5, 5.41) is 6.17. The molecule has 1 aromatic carbocycles. The van der Waals surface area contributed by atoms with E-state index in [1.807, 2.05) is 4.90 Å². The van der Waals surface area contributed by atoms with Gasteiger partial charge in [-0.05, 0) is 37.9 Å². The van der Waals surface area contributed by atoms with Crippen LogP contribution in [-0.2, 0) is 4.79 Å². The van der Waals surface area contributed by atoms with E-state index in [1.54, 1.807) is 6.07 Å². The molecule has 2 saturated heterocycles. The van der Waals surface area contributed by atoms with Gasteiger partial charge in [-0.25, -0.2) is 0 Å². The van der Waals surface area contributed by atoms with Gasteiger partial charge in [0.25, 0.3) is 0 Å². The third kappa shape index (κ3) is 4.31. The van der Waals surface area contributed by atoms with Crippen molar-refractivity contribution in [1.29, 1.82) is 0 Å². The van der Waals surface area contributed by atoms with Gasteiger partial charge in [0.1, 0.15) is 5.75 Å². The normalized spacial score (nSPS) is 24.2. The van der Waals surface area contributed by atoms with Gasteiger partial charge in [-0.1, -0.05) is 6.07 Å². The lowest BCUT2D eigenvalue weighted by Crippen LogP contribution is -2.46. The quantitative estimate of drug-likeness (QED) is 0.878. The van der Waals surface area contributed by atoms with Crippen molar-refractivity contribution in [3.05, 3.63) is 24.3 Å². The number of nitrogens with one attached hydrogen (secondary N) is 2. The highest BCUT2D eigenvalue weighted by Crippen LogP contribution is 2.28. The number of alkyl halides is 3. The van der Waals surface area contributed by atoms with Crippen molar-refractivity contribution in [3.8, 4) is 5.75 Å². The fraction of sp³-hybridized carbons (Fsp3) is 0.562. The van der Waals surface area contributed by atoms with Crippen molar-refractivity contribution in [2.24, 2.45) is 0 Å². The molecule has 1 amide bonds. The predicted molar refractivity (Wildman–Crippen MR) is 82.9 cm³/mol. The number of hydrogen-bond donors (Lipinski definition) is 2. The maximum atomic E-state index is 12.3. The van der Waals surface area contributed by atoms with Crippen LogP contribution in [0.25, 0.3) is 0 Å². The second-order valence-corrected chi connectivity index (χ2v) is 6.13. The number of hydrogen-bond acceptors (Lipinski definition) is 4. The van der Waals surface area contributed by atoms with Gasteiger partial charge < -0.3 is 20.3 Å². The van der Waals surface area contributed by atoms with E-state index in [0.717, 1.165) is 25.8 Å². The zero-order chi connectivity index (χ0) is 17.2. The smallest absolute Gasteiger partial charge is 0.406 e. The third-order valence-corrected chi connectivity index (χ3v) is 4.33. The summed E-state index contributed by atoms with van der Waals surface area (Å²) in [5.41, 5.74) is 0.660. The van der Waals surface area contributed by atoms with Crippen LogP contribution in [0.5, 0.6) is 5.75 Å². The number of nitrogens with zero attached hydrogens (tertiary/aromatic N) is 1. The van der Waals surface area contributed by atoms with Gasteiger partial charge in [-0.15, -0.1) is 13.2 Å². The molecule has 5 nitrogen and oxygen atoms in total. The summed E-state index contributed by atoms with van der Waals surface area (Å²) < 4.78 is 40.9. The molecule has 3 rings (SSSR count). The summed E-state index contributed by atoms with van der Waals surface area (Å²) in [7, 11) is 0. The molecule has 0 bridgehead atoms. The minimum atomic E-state index is -4.70. The van der Waals surface area contributed by atoms with E-state index in [9.17, 15) is 18.0 Å². The summed E-state index contributed by atoms with van der Waals surface area (Å²) in [4.78, 5) is 14.1. The zero-order valence-corrected chi connectivity index (χ0v) is 13.1. The highest BCUT2D eigenvalue weighted by atomic mass is 19.4.